The van der Waals surface area contributed by atoms with Crippen LogP contribution in [0.5, 0.6) is 0 Å². The Kier molecular flexibility index (Phi) is 8.85. The second-order valence-corrected chi connectivity index (χ2v) is 7.01. The average Bonchev–Trinajstić information content (AvgIpc) is 2.66. The fraction of sp³-hybridized carbons (Fsp3) is 0.364. The molecule has 27 heavy (non-hydrogen) atoms. The highest BCUT2D eigenvalue weighted by Gasteiger charge is 2.11. The summed E-state index contributed by atoms with van der Waals surface area (Å²) in [4.78, 5) is 25.6. The summed E-state index contributed by atoms with van der Waals surface area (Å²) >= 11 is 5.86. The van der Waals surface area contributed by atoms with Crippen molar-refractivity contribution in [2.75, 3.05) is 19.6 Å². The van der Waals surface area contributed by atoms with Gasteiger partial charge in [-0.3, -0.25) is 9.59 Å². The molecule has 0 aliphatic rings. The minimum atomic E-state index is -0.0294. The molecule has 2 aromatic carbocycles. The second kappa shape index (κ2) is 11.4. The van der Waals surface area contributed by atoms with Crippen molar-refractivity contribution in [3.8, 4) is 0 Å². The molecule has 5 heteroatoms. The Bertz CT molecular complexity index is 717. The fourth-order valence-electron chi connectivity index (χ4n) is 2.87. The molecule has 0 unspecified atom stereocenters. The highest BCUT2D eigenvalue weighted by Crippen LogP contribution is 2.09. The van der Waals surface area contributed by atoms with E-state index in [1.807, 2.05) is 42.5 Å². The van der Waals surface area contributed by atoms with Gasteiger partial charge < -0.3 is 10.2 Å². The largest absolute Gasteiger partial charge is 0.356 e. The molecule has 0 saturated heterocycles. The molecule has 0 heterocycles. The van der Waals surface area contributed by atoms with Crippen LogP contribution in [0.4, 0.5) is 0 Å². The van der Waals surface area contributed by atoms with Gasteiger partial charge in [-0.25, -0.2) is 0 Å². The third-order valence-corrected chi connectivity index (χ3v) is 4.69. The molecule has 144 valence electrons. The predicted octanol–water partition coefficient (Wildman–Crippen LogP) is 3.87. The summed E-state index contributed by atoms with van der Waals surface area (Å²) < 4.78 is 0. The van der Waals surface area contributed by atoms with Crippen molar-refractivity contribution in [2.45, 2.75) is 32.6 Å². The molecule has 0 aromatic heterocycles. The van der Waals surface area contributed by atoms with Gasteiger partial charge in [0.05, 0.1) is 0 Å². The lowest BCUT2D eigenvalue weighted by molar-refractivity contribution is -0.129. The number of amides is 2. The van der Waals surface area contributed by atoms with E-state index in [1.54, 1.807) is 11.8 Å². The van der Waals surface area contributed by atoms with Gasteiger partial charge in [0.15, 0.2) is 0 Å². The summed E-state index contributed by atoms with van der Waals surface area (Å²) in [6.07, 6.45) is 2.90. The van der Waals surface area contributed by atoms with Gasteiger partial charge in [-0.1, -0.05) is 54.1 Å². The van der Waals surface area contributed by atoms with Crippen molar-refractivity contribution in [1.82, 2.24) is 10.2 Å². The molecule has 0 atom stereocenters. The zero-order valence-corrected chi connectivity index (χ0v) is 16.5. The summed E-state index contributed by atoms with van der Waals surface area (Å²) in [5, 5.41) is 3.62. The van der Waals surface area contributed by atoms with Gasteiger partial charge in [0.2, 0.25) is 11.8 Å². The van der Waals surface area contributed by atoms with Gasteiger partial charge in [-0.2, -0.15) is 0 Å². The van der Waals surface area contributed by atoms with Crippen LogP contribution < -0.4 is 5.32 Å². The lowest BCUT2D eigenvalue weighted by Gasteiger charge is -2.20. The van der Waals surface area contributed by atoms with Crippen LogP contribution in [0.1, 0.15) is 30.9 Å². The number of benzene rings is 2. The maximum absolute atomic E-state index is 12.0. The zero-order chi connectivity index (χ0) is 19.5. The molecular formula is C22H27ClN2O2. The van der Waals surface area contributed by atoms with Crippen molar-refractivity contribution in [3.05, 3.63) is 70.7 Å². The molecular weight excluding hydrogens is 360 g/mol. The Morgan fingerprint density at radius 3 is 2.26 bits per heavy atom. The topological polar surface area (TPSA) is 49.4 Å². The highest BCUT2D eigenvalue weighted by atomic mass is 35.5. The van der Waals surface area contributed by atoms with Crippen LogP contribution in [0.3, 0.4) is 0 Å². The third-order valence-electron chi connectivity index (χ3n) is 4.44. The van der Waals surface area contributed by atoms with Gasteiger partial charge in [0.1, 0.15) is 0 Å². The van der Waals surface area contributed by atoms with E-state index in [0.717, 1.165) is 24.8 Å². The van der Waals surface area contributed by atoms with Crippen LogP contribution in [-0.2, 0) is 22.4 Å². The lowest BCUT2D eigenvalue weighted by Crippen LogP contribution is -2.35. The first-order valence-electron chi connectivity index (χ1n) is 9.35. The van der Waals surface area contributed by atoms with Gasteiger partial charge in [0, 0.05) is 38.0 Å². The SMILES string of the molecule is CC(=O)N(CCCc1ccccc1)CCC(=O)NCCc1ccc(Cl)cc1. The lowest BCUT2D eigenvalue weighted by atomic mass is 10.1. The van der Waals surface area contributed by atoms with E-state index in [2.05, 4.69) is 17.4 Å². The molecule has 2 aromatic rings. The Labute approximate surface area is 166 Å². The van der Waals surface area contributed by atoms with E-state index in [0.29, 0.717) is 31.1 Å². The summed E-state index contributed by atoms with van der Waals surface area (Å²) in [6, 6.07) is 17.8. The highest BCUT2D eigenvalue weighted by molar-refractivity contribution is 6.30. The Hall–Kier alpha value is -2.33. The number of carbonyl (C=O) groups excluding carboxylic acids is 2. The standard InChI is InChI=1S/C22H27ClN2O2/c1-18(26)25(16-5-8-19-6-3-2-4-7-19)17-14-22(27)24-15-13-20-9-11-21(23)12-10-20/h2-4,6-7,9-12H,5,8,13-17H2,1H3,(H,24,27). The van der Waals surface area contributed by atoms with E-state index in [-0.39, 0.29) is 11.8 Å². The van der Waals surface area contributed by atoms with Crippen molar-refractivity contribution in [1.29, 1.82) is 0 Å². The smallest absolute Gasteiger partial charge is 0.221 e. The molecule has 0 aliphatic heterocycles. The Morgan fingerprint density at radius 1 is 0.926 bits per heavy atom. The molecule has 1 N–H and O–H groups in total. The van der Waals surface area contributed by atoms with Crippen LogP contribution in [0.25, 0.3) is 0 Å². The molecule has 0 spiro atoms. The van der Waals surface area contributed by atoms with Crippen LogP contribution in [0.2, 0.25) is 5.02 Å². The van der Waals surface area contributed by atoms with Gasteiger partial charge in [-0.05, 0) is 42.5 Å². The van der Waals surface area contributed by atoms with Crippen molar-refractivity contribution in [2.24, 2.45) is 0 Å². The zero-order valence-electron chi connectivity index (χ0n) is 15.8. The van der Waals surface area contributed by atoms with Crippen LogP contribution in [0, 0.1) is 0 Å². The van der Waals surface area contributed by atoms with Crippen LogP contribution >= 0.6 is 11.6 Å². The molecule has 4 nitrogen and oxygen atoms in total. The first-order chi connectivity index (χ1) is 13.0. The van der Waals surface area contributed by atoms with Crippen LogP contribution in [0.15, 0.2) is 54.6 Å². The number of carbonyl (C=O) groups is 2. The van der Waals surface area contributed by atoms with E-state index in [9.17, 15) is 9.59 Å². The van der Waals surface area contributed by atoms with E-state index in [1.165, 1.54) is 5.56 Å². The maximum atomic E-state index is 12.0. The van der Waals surface area contributed by atoms with E-state index in [4.69, 9.17) is 11.6 Å². The van der Waals surface area contributed by atoms with E-state index >= 15 is 0 Å². The summed E-state index contributed by atoms with van der Waals surface area (Å²) in [5.74, 6) is -0.0182. The normalized spacial score (nSPS) is 10.4. The first kappa shape index (κ1) is 21.0. The molecule has 0 aliphatic carbocycles. The first-order valence-corrected chi connectivity index (χ1v) is 9.73. The minimum Gasteiger partial charge on any atom is -0.356 e. The number of aryl methyl sites for hydroxylation is 1. The number of hydrogen-bond donors (Lipinski definition) is 1. The Morgan fingerprint density at radius 2 is 1.59 bits per heavy atom. The molecule has 2 amide bonds. The fourth-order valence-corrected chi connectivity index (χ4v) is 2.99. The number of rotatable bonds is 10. The summed E-state index contributed by atoms with van der Waals surface area (Å²) in [7, 11) is 0. The third kappa shape index (κ3) is 8.27. The second-order valence-electron chi connectivity index (χ2n) is 6.57. The summed E-state index contributed by atoms with van der Waals surface area (Å²) in [5.41, 5.74) is 2.40. The number of hydrogen-bond acceptors (Lipinski definition) is 2. The molecule has 2 rings (SSSR count). The molecule has 0 bridgehead atoms. The van der Waals surface area contributed by atoms with Crippen LogP contribution in [-0.4, -0.2) is 36.3 Å². The maximum Gasteiger partial charge on any atom is 0.221 e. The average molecular weight is 387 g/mol. The number of nitrogens with zero attached hydrogens (tertiary/aromatic N) is 1. The monoisotopic (exact) mass is 386 g/mol. The van der Waals surface area contributed by atoms with Crippen molar-refractivity contribution in [3.63, 3.8) is 0 Å². The quantitative estimate of drug-likeness (QED) is 0.673. The predicted molar refractivity (Wildman–Crippen MR) is 110 cm³/mol. The summed E-state index contributed by atoms with van der Waals surface area (Å²) in [6.45, 7) is 3.26. The van der Waals surface area contributed by atoms with Crippen molar-refractivity contribution < 1.29 is 9.59 Å². The molecule has 0 fully saturated rings. The number of halogens is 1. The van der Waals surface area contributed by atoms with Gasteiger partial charge in [0.25, 0.3) is 0 Å². The van der Waals surface area contributed by atoms with Crippen molar-refractivity contribution >= 4 is 23.4 Å². The van der Waals surface area contributed by atoms with Gasteiger partial charge >= 0.3 is 0 Å². The number of nitrogens with one attached hydrogen (secondary N) is 1. The molecule has 0 radical (unpaired) electrons. The van der Waals surface area contributed by atoms with E-state index < -0.39 is 0 Å². The van der Waals surface area contributed by atoms with Gasteiger partial charge in [-0.15, -0.1) is 0 Å². The Balaban J connectivity index is 1.65. The minimum absolute atomic E-state index is 0.0111. The molecule has 0 saturated carbocycles.